The number of pyridine rings is 1. The summed E-state index contributed by atoms with van der Waals surface area (Å²) in [6, 6.07) is 6.93. The number of ether oxygens (including phenoxy) is 1. The molecule has 2 aromatic rings. The maximum atomic E-state index is 13.1. The van der Waals surface area contributed by atoms with Gasteiger partial charge in [0.15, 0.2) is 9.84 Å². The number of carbonyl (C=O) groups is 1. The minimum absolute atomic E-state index is 0.0418. The molecule has 0 N–H and O–H groups in total. The Morgan fingerprint density at radius 1 is 1.24 bits per heavy atom. The van der Waals surface area contributed by atoms with Gasteiger partial charge in [0.25, 0.3) is 0 Å². The molecule has 0 spiro atoms. The fourth-order valence-corrected chi connectivity index (χ4v) is 5.03. The first-order chi connectivity index (χ1) is 13.5. The van der Waals surface area contributed by atoms with Crippen LogP contribution < -0.4 is 0 Å². The van der Waals surface area contributed by atoms with Gasteiger partial charge in [0, 0.05) is 36.3 Å². The molecule has 1 amide bonds. The number of hydrogen-bond acceptors (Lipinski definition) is 5. The molecule has 0 aliphatic carbocycles. The first-order valence-electron chi connectivity index (χ1n) is 10.1. The highest BCUT2D eigenvalue weighted by atomic mass is 32.2. The minimum atomic E-state index is -3.52. The maximum Gasteiger partial charge on any atom is 0.410 e. The summed E-state index contributed by atoms with van der Waals surface area (Å²) in [6.45, 7) is 10.3. The number of aromatic nitrogens is 1. The van der Waals surface area contributed by atoms with Gasteiger partial charge < -0.3 is 9.64 Å². The molecule has 0 aliphatic heterocycles. The Morgan fingerprint density at radius 3 is 2.62 bits per heavy atom. The van der Waals surface area contributed by atoms with Crippen molar-refractivity contribution >= 4 is 26.7 Å². The molecule has 1 aromatic heterocycles. The molecule has 0 bridgehead atoms. The SMILES string of the molecule is CCCCN(CC(C)CS(=O)(=O)c1cccc2cnccc12)C(=O)OC(C)(C)C. The summed E-state index contributed by atoms with van der Waals surface area (Å²) < 4.78 is 31.7. The van der Waals surface area contributed by atoms with Crippen LogP contribution in [0.3, 0.4) is 0 Å². The molecule has 1 aromatic carbocycles. The second-order valence-electron chi connectivity index (χ2n) is 8.52. The zero-order valence-electron chi connectivity index (χ0n) is 18.0. The van der Waals surface area contributed by atoms with Crippen molar-refractivity contribution in [1.29, 1.82) is 0 Å². The Hall–Kier alpha value is -2.15. The van der Waals surface area contributed by atoms with Crippen LogP contribution in [0.25, 0.3) is 10.8 Å². The van der Waals surface area contributed by atoms with Gasteiger partial charge in [0.1, 0.15) is 5.60 Å². The molecule has 0 radical (unpaired) electrons. The molecular weight excluding hydrogens is 388 g/mol. The van der Waals surface area contributed by atoms with Crippen LogP contribution in [0.15, 0.2) is 41.6 Å². The van der Waals surface area contributed by atoms with Gasteiger partial charge in [-0.25, -0.2) is 13.2 Å². The lowest BCUT2D eigenvalue weighted by Crippen LogP contribution is -2.40. The van der Waals surface area contributed by atoms with Gasteiger partial charge in [-0.05, 0) is 45.2 Å². The van der Waals surface area contributed by atoms with Crippen molar-refractivity contribution in [3.63, 3.8) is 0 Å². The van der Waals surface area contributed by atoms with Crippen molar-refractivity contribution in [2.45, 2.75) is 58.0 Å². The second-order valence-corrected chi connectivity index (χ2v) is 10.5. The normalized spacial score (nSPS) is 13.3. The topological polar surface area (TPSA) is 76.6 Å². The van der Waals surface area contributed by atoms with Gasteiger partial charge in [0.2, 0.25) is 0 Å². The highest BCUT2D eigenvalue weighted by Crippen LogP contribution is 2.24. The van der Waals surface area contributed by atoms with Gasteiger partial charge in [-0.3, -0.25) is 4.98 Å². The first kappa shape index (κ1) is 23.1. The van der Waals surface area contributed by atoms with E-state index in [2.05, 4.69) is 11.9 Å². The Kier molecular flexibility index (Phi) is 7.63. The van der Waals surface area contributed by atoms with Crippen molar-refractivity contribution in [2.75, 3.05) is 18.8 Å². The van der Waals surface area contributed by atoms with Crippen LogP contribution in [0, 0.1) is 5.92 Å². The van der Waals surface area contributed by atoms with Crippen LogP contribution in [0.5, 0.6) is 0 Å². The van der Waals surface area contributed by atoms with E-state index < -0.39 is 21.5 Å². The third-order valence-electron chi connectivity index (χ3n) is 4.45. The summed E-state index contributed by atoms with van der Waals surface area (Å²) in [5, 5.41) is 1.46. The summed E-state index contributed by atoms with van der Waals surface area (Å²) in [5.41, 5.74) is -0.589. The van der Waals surface area contributed by atoms with Gasteiger partial charge in [0.05, 0.1) is 10.6 Å². The molecule has 1 heterocycles. The molecule has 0 saturated carbocycles. The number of rotatable bonds is 8. The summed E-state index contributed by atoms with van der Waals surface area (Å²) in [5.74, 6) is -0.277. The molecule has 0 fully saturated rings. The lowest BCUT2D eigenvalue weighted by Gasteiger charge is -2.29. The number of nitrogens with zero attached hydrogens (tertiary/aromatic N) is 2. The van der Waals surface area contributed by atoms with E-state index in [9.17, 15) is 13.2 Å². The maximum absolute atomic E-state index is 13.1. The van der Waals surface area contributed by atoms with Crippen molar-refractivity contribution in [1.82, 2.24) is 9.88 Å². The van der Waals surface area contributed by atoms with E-state index in [4.69, 9.17) is 4.74 Å². The molecular formula is C22H32N2O4S. The number of sulfone groups is 1. The number of hydrogen-bond donors (Lipinski definition) is 0. The number of unbranched alkanes of at least 4 members (excludes halogenated alkanes) is 1. The van der Waals surface area contributed by atoms with Gasteiger partial charge >= 0.3 is 6.09 Å². The summed E-state index contributed by atoms with van der Waals surface area (Å²) in [7, 11) is -3.52. The smallest absolute Gasteiger partial charge is 0.410 e. The van der Waals surface area contributed by atoms with Gasteiger partial charge in [-0.1, -0.05) is 32.4 Å². The van der Waals surface area contributed by atoms with Crippen LogP contribution >= 0.6 is 0 Å². The Morgan fingerprint density at radius 2 is 1.97 bits per heavy atom. The molecule has 29 heavy (non-hydrogen) atoms. The predicted octanol–water partition coefficient (Wildman–Crippen LogP) is 4.68. The van der Waals surface area contributed by atoms with E-state index in [1.165, 1.54) is 0 Å². The zero-order valence-corrected chi connectivity index (χ0v) is 18.8. The van der Waals surface area contributed by atoms with Crippen LogP contribution in [-0.4, -0.2) is 48.8 Å². The third kappa shape index (κ3) is 6.70. The fourth-order valence-electron chi connectivity index (χ4n) is 3.19. The molecule has 0 saturated heterocycles. The van der Waals surface area contributed by atoms with Crippen LogP contribution in [0.1, 0.15) is 47.5 Å². The van der Waals surface area contributed by atoms with E-state index in [-0.39, 0.29) is 11.7 Å². The minimum Gasteiger partial charge on any atom is -0.444 e. The molecule has 7 heteroatoms. The van der Waals surface area contributed by atoms with Crippen molar-refractivity contribution < 1.29 is 17.9 Å². The Bertz CT molecular complexity index is 930. The quantitative estimate of drug-likeness (QED) is 0.620. The summed E-state index contributed by atoms with van der Waals surface area (Å²) >= 11 is 0. The van der Waals surface area contributed by atoms with E-state index in [0.29, 0.717) is 23.4 Å². The van der Waals surface area contributed by atoms with Crippen molar-refractivity contribution in [3.8, 4) is 0 Å². The number of benzene rings is 1. The summed E-state index contributed by atoms with van der Waals surface area (Å²) in [4.78, 5) is 18.6. The van der Waals surface area contributed by atoms with Crippen molar-refractivity contribution in [3.05, 3.63) is 36.7 Å². The average Bonchev–Trinajstić information content (AvgIpc) is 2.62. The van der Waals surface area contributed by atoms with E-state index >= 15 is 0 Å². The summed E-state index contributed by atoms with van der Waals surface area (Å²) in [6.07, 6.45) is 4.64. The molecule has 2 rings (SSSR count). The van der Waals surface area contributed by atoms with Crippen LogP contribution in [-0.2, 0) is 14.6 Å². The Balaban J connectivity index is 2.17. The first-order valence-corrected chi connectivity index (χ1v) is 11.7. The molecule has 1 unspecified atom stereocenters. The van der Waals surface area contributed by atoms with Gasteiger partial charge in [-0.2, -0.15) is 0 Å². The van der Waals surface area contributed by atoms with Crippen LogP contribution in [0.4, 0.5) is 4.79 Å². The standard InChI is InChI=1S/C22H32N2O4S/c1-6-7-13-24(21(25)28-22(3,4)5)15-17(2)16-29(26,27)20-10-8-9-18-14-23-12-11-19(18)20/h8-12,14,17H,6-7,13,15-16H2,1-5H3. The third-order valence-corrected chi connectivity index (χ3v) is 6.48. The number of fused-ring (bicyclic) bond motifs is 1. The highest BCUT2D eigenvalue weighted by Gasteiger charge is 2.26. The number of carbonyl (C=O) groups excluding carboxylic acids is 1. The monoisotopic (exact) mass is 420 g/mol. The largest absolute Gasteiger partial charge is 0.444 e. The van der Waals surface area contributed by atoms with Gasteiger partial charge in [-0.15, -0.1) is 0 Å². The molecule has 6 nitrogen and oxygen atoms in total. The van der Waals surface area contributed by atoms with Crippen molar-refractivity contribution in [2.24, 2.45) is 5.92 Å². The molecule has 1 atom stereocenters. The number of amides is 1. The molecule has 0 aliphatic rings. The van der Waals surface area contributed by atoms with Crippen LogP contribution in [0.2, 0.25) is 0 Å². The van der Waals surface area contributed by atoms with E-state index in [1.807, 2.05) is 33.8 Å². The van der Waals surface area contributed by atoms with E-state index in [0.717, 1.165) is 18.2 Å². The lowest BCUT2D eigenvalue weighted by molar-refractivity contribution is 0.0226. The average molecular weight is 421 g/mol. The fraction of sp³-hybridized carbons (Fsp3) is 0.545. The predicted molar refractivity (Wildman–Crippen MR) is 116 cm³/mol. The lowest BCUT2D eigenvalue weighted by atomic mass is 10.2. The zero-order chi connectivity index (χ0) is 21.7. The highest BCUT2D eigenvalue weighted by molar-refractivity contribution is 7.91. The second kappa shape index (κ2) is 9.57. The Labute approximate surface area is 174 Å². The van der Waals surface area contributed by atoms with E-state index in [1.54, 1.807) is 35.5 Å². The molecule has 160 valence electrons.